The van der Waals surface area contributed by atoms with Crippen LogP contribution < -0.4 is 27.4 Å². The highest BCUT2D eigenvalue weighted by atomic mass is 32.1. The number of rotatable bonds is 13. The van der Waals surface area contributed by atoms with Crippen LogP contribution in [0, 0.1) is 5.92 Å². The fraction of sp³-hybridized carbons (Fsp3) is 0.688. The van der Waals surface area contributed by atoms with Gasteiger partial charge in [-0.3, -0.25) is 19.2 Å². The summed E-state index contributed by atoms with van der Waals surface area (Å²) in [6.07, 6.45) is -0.243. The predicted octanol–water partition coefficient (Wildman–Crippen LogP) is -3.30. The molecule has 0 aliphatic rings. The normalized spacial score (nSPS) is 15.0. The Labute approximate surface area is 173 Å². The van der Waals surface area contributed by atoms with E-state index in [-0.39, 0.29) is 18.1 Å². The molecule has 29 heavy (non-hydrogen) atoms. The number of hydrogen-bond donors (Lipinski definition) is 8. The van der Waals surface area contributed by atoms with Crippen LogP contribution in [0.2, 0.25) is 0 Å². The number of carboxylic acids is 1. The van der Waals surface area contributed by atoms with Crippen LogP contribution in [0.1, 0.15) is 26.7 Å². The van der Waals surface area contributed by atoms with E-state index < -0.39 is 66.8 Å². The molecule has 9 N–H and O–H groups in total. The molecule has 0 aromatic heterocycles. The number of carboxylic acid groups (broad SMARTS) is 1. The monoisotopic (exact) mass is 435 g/mol. The van der Waals surface area contributed by atoms with Crippen LogP contribution in [0.3, 0.4) is 0 Å². The Morgan fingerprint density at radius 2 is 1.41 bits per heavy atom. The molecule has 0 radical (unpaired) electrons. The molecule has 0 heterocycles. The van der Waals surface area contributed by atoms with Crippen molar-refractivity contribution in [1.82, 2.24) is 16.0 Å². The van der Waals surface area contributed by atoms with E-state index in [2.05, 4.69) is 28.6 Å². The van der Waals surface area contributed by atoms with Gasteiger partial charge in [0.2, 0.25) is 23.6 Å². The first kappa shape index (κ1) is 26.6. The molecule has 0 spiro atoms. The Kier molecular flexibility index (Phi) is 11.9. The van der Waals surface area contributed by atoms with Crippen LogP contribution >= 0.6 is 12.6 Å². The van der Waals surface area contributed by atoms with Crippen LogP contribution in [0.15, 0.2) is 0 Å². The zero-order valence-electron chi connectivity index (χ0n) is 16.3. The summed E-state index contributed by atoms with van der Waals surface area (Å²) in [5.41, 5.74) is 10.5. The maximum Gasteiger partial charge on any atom is 0.328 e. The quantitative estimate of drug-likeness (QED) is 0.137. The molecule has 12 nitrogen and oxygen atoms in total. The lowest BCUT2D eigenvalue weighted by atomic mass is 10.0. The van der Waals surface area contributed by atoms with E-state index in [1.165, 1.54) is 0 Å². The standard InChI is InChI=1S/C16H29N5O7S/c1-7(2)3-9(14(25)20-10(5-22)16(27)28)19-15(26)11(6-29)21-13(24)8(17)4-12(18)23/h7-11,22,29H,3-6,17H2,1-2H3,(H2,18,23)(H,19,26)(H,20,25)(H,21,24)(H,27,28). The Hall–Kier alpha value is -2.38. The fourth-order valence-corrected chi connectivity index (χ4v) is 2.47. The first-order valence-electron chi connectivity index (χ1n) is 8.82. The van der Waals surface area contributed by atoms with Crippen molar-refractivity contribution in [2.75, 3.05) is 12.4 Å². The third-order valence-corrected chi connectivity index (χ3v) is 4.08. The summed E-state index contributed by atoms with van der Waals surface area (Å²) < 4.78 is 0. The number of aliphatic hydroxyl groups excluding tert-OH is 1. The van der Waals surface area contributed by atoms with Crippen molar-refractivity contribution in [3.8, 4) is 0 Å². The highest BCUT2D eigenvalue weighted by Crippen LogP contribution is 2.06. The van der Waals surface area contributed by atoms with Gasteiger partial charge in [0.05, 0.1) is 19.1 Å². The van der Waals surface area contributed by atoms with Crippen molar-refractivity contribution in [3.63, 3.8) is 0 Å². The number of primary amides is 1. The number of carbonyl (C=O) groups is 5. The molecular formula is C16H29N5O7S. The Morgan fingerprint density at radius 1 is 0.931 bits per heavy atom. The largest absolute Gasteiger partial charge is 0.480 e. The summed E-state index contributed by atoms with van der Waals surface area (Å²) in [5.74, 6) is -4.75. The summed E-state index contributed by atoms with van der Waals surface area (Å²) >= 11 is 3.99. The maximum absolute atomic E-state index is 12.5. The smallest absolute Gasteiger partial charge is 0.328 e. The molecule has 0 rings (SSSR count). The van der Waals surface area contributed by atoms with Crippen molar-refractivity contribution >= 4 is 42.2 Å². The van der Waals surface area contributed by atoms with Gasteiger partial charge in [-0.2, -0.15) is 12.6 Å². The molecule has 0 saturated heterocycles. The topological polar surface area (TPSA) is 214 Å². The molecule has 0 saturated carbocycles. The van der Waals surface area contributed by atoms with Gasteiger partial charge in [-0.1, -0.05) is 13.8 Å². The molecule has 0 aromatic carbocycles. The van der Waals surface area contributed by atoms with Gasteiger partial charge in [-0.15, -0.1) is 0 Å². The minimum Gasteiger partial charge on any atom is -0.480 e. The number of amides is 4. The van der Waals surface area contributed by atoms with E-state index in [1.807, 2.05) is 0 Å². The van der Waals surface area contributed by atoms with Gasteiger partial charge < -0.3 is 37.6 Å². The average molecular weight is 436 g/mol. The molecule has 0 fully saturated rings. The minimum absolute atomic E-state index is 0.0449. The van der Waals surface area contributed by atoms with E-state index in [0.29, 0.717) is 0 Å². The van der Waals surface area contributed by atoms with Gasteiger partial charge >= 0.3 is 5.97 Å². The number of thiol groups is 1. The lowest BCUT2D eigenvalue weighted by molar-refractivity contribution is -0.143. The van der Waals surface area contributed by atoms with Crippen molar-refractivity contribution in [2.45, 2.75) is 50.9 Å². The lowest BCUT2D eigenvalue weighted by Crippen LogP contribution is -2.58. The summed E-state index contributed by atoms with van der Waals surface area (Å²) in [5, 5.41) is 24.9. The third kappa shape index (κ3) is 10.1. The molecule has 0 aliphatic heterocycles. The first-order chi connectivity index (χ1) is 13.4. The Morgan fingerprint density at radius 3 is 1.83 bits per heavy atom. The number of aliphatic carboxylic acids is 1. The number of aliphatic hydroxyl groups is 1. The van der Waals surface area contributed by atoms with Crippen LogP contribution in [-0.2, 0) is 24.0 Å². The summed E-state index contributed by atoms with van der Waals surface area (Å²) in [6.45, 7) is 2.75. The van der Waals surface area contributed by atoms with Gasteiger partial charge in [0.25, 0.3) is 0 Å². The zero-order valence-corrected chi connectivity index (χ0v) is 17.1. The van der Waals surface area contributed by atoms with E-state index in [9.17, 15) is 24.0 Å². The van der Waals surface area contributed by atoms with Crippen LogP contribution in [0.4, 0.5) is 0 Å². The first-order valence-corrected chi connectivity index (χ1v) is 9.45. The van der Waals surface area contributed by atoms with Crippen molar-refractivity contribution in [3.05, 3.63) is 0 Å². The number of nitrogens with two attached hydrogens (primary N) is 2. The fourth-order valence-electron chi connectivity index (χ4n) is 2.22. The number of hydrogen-bond acceptors (Lipinski definition) is 8. The molecule has 166 valence electrons. The molecule has 4 unspecified atom stereocenters. The van der Waals surface area contributed by atoms with E-state index in [0.717, 1.165) is 0 Å². The van der Waals surface area contributed by atoms with Gasteiger partial charge in [0.15, 0.2) is 0 Å². The molecule has 4 amide bonds. The highest BCUT2D eigenvalue weighted by Gasteiger charge is 2.30. The molecule has 0 aromatic rings. The zero-order chi connectivity index (χ0) is 22.7. The maximum atomic E-state index is 12.5. The summed E-state index contributed by atoms with van der Waals surface area (Å²) in [4.78, 5) is 58.7. The number of nitrogens with one attached hydrogen (secondary N) is 3. The highest BCUT2D eigenvalue weighted by molar-refractivity contribution is 7.80. The predicted molar refractivity (Wildman–Crippen MR) is 106 cm³/mol. The van der Waals surface area contributed by atoms with Crippen molar-refractivity contribution in [1.29, 1.82) is 0 Å². The molecule has 0 bridgehead atoms. The molecule has 13 heteroatoms. The van der Waals surface area contributed by atoms with Gasteiger partial charge in [-0.05, 0) is 12.3 Å². The van der Waals surface area contributed by atoms with E-state index in [4.69, 9.17) is 21.7 Å². The SMILES string of the molecule is CC(C)CC(NC(=O)C(CS)NC(=O)C(N)CC(N)=O)C(=O)NC(CO)C(=O)O. The Bertz CT molecular complexity index is 616. The second kappa shape index (κ2) is 13.0. The molecule has 4 atom stereocenters. The Balaban J connectivity index is 5.17. The van der Waals surface area contributed by atoms with Crippen molar-refractivity contribution in [2.24, 2.45) is 17.4 Å². The summed E-state index contributed by atoms with van der Waals surface area (Å²) in [6, 6.07) is -5.06. The minimum atomic E-state index is -1.53. The molecular weight excluding hydrogens is 406 g/mol. The van der Waals surface area contributed by atoms with Gasteiger partial charge in [0, 0.05) is 5.75 Å². The third-order valence-electron chi connectivity index (χ3n) is 3.71. The van der Waals surface area contributed by atoms with E-state index >= 15 is 0 Å². The molecule has 0 aliphatic carbocycles. The lowest BCUT2D eigenvalue weighted by Gasteiger charge is -2.25. The average Bonchev–Trinajstić information content (AvgIpc) is 2.61. The van der Waals surface area contributed by atoms with Crippen LogP contribution in [0.25, 0.3) is 0 Å². The second-order valence-corrected chi connectivity index (χ2v) is 7.16. The van der Waals surface area contributed by atoms with Crippen LogP contribution in [0.5, 0.6) is 0 Å². The second-order valence-electron chi connectivity index (χ2n) is 6.79. The van der Waals surface area contributed by atoms with Gasteiger partial charge in [0.1, 0.15) is 18.1 Å². The summed E-state index contributed by atoms with van der Waals surface area (Å²) in [7, 11) is 0. The van der Waals surface area contributed by atoms with Crippen LogP contribution in [-0.4, -0.2) is 76.3 Å². The van der Waals surface area contributed by atoms with Crippen molar-refractivity contribution < 1.29 is 34.2 Å². The van der Waals surface area contributed by atoms with E-state index in [1.54, 1.807) is 13.8 Å². The van der Waals surface area contributed by atoms with Gasteiger partial charge in [-0.25, -0.2) is 4.79 Å². The number of carbonyl (C=O) groups excluding carboxylic acids is 4.